The highest BCUT2D eigenvalue weighted by molar-refractivity contribution is 7.80. The molecule has 0 saturated heterocycles. The lowest BCUT2D eigenvalue weighted by molar-refractivity contribution is 0.472. The van der Waals surface area contributed by atoms with Crippen LogP contribution < -0.4 is 10.3 Å². The molecule has 0 fully saturated rings. The fourth-order valence-electron chi connectivity index (χ4n) is 1.75. The molecule has 5 heteroatoms. The average molecular weight is 317 g/mol. The molecule has 1 aliphatic heterocycles. The number of aryl methyl sites for hydroxylation is 1. The van der Waals surface area contributed by atoms with E-state index in [1.807, 2.05) is 6.92 Å². The van der Waals surface area contributed by atoms with Crippen molar-refractivity contribution in [2.24, 2.45) is 5.10 Å². The van der Waals surface area contributed by atoms with Gasteiger partial charge < -0.3 is 10.0 Å². The largest absolute Gasteiger partial charge is 0.516 e. The van der Waals surface area contributed by atoms with Gasteiger partial charge in [0.1, 0.15) is 0 Å². The van der Waals surface area contributed by atoms with E-state index < -0.39 is 0 Å². The number of nitrogens with zero attached hydrogens (tertiary/aromatic N) is 2. The second-order valence-corrected chi connectivity index (χ2v) is 5.24. The van der Waals surface area contributed by atoms with Gasteiger partial charge in [-0.2, -0.15) is 5.10 Å². The van der Waals surface area contributed by atoms with Gasteiger partial charge in [-0.25, -0.2) is 0 Å². The summed E-state index contributed by atoms with van der Waals surface area (Å²) in [6.45, 7) is 8.61. The highest BCUT2D eigenvalue weighted by atomic mass is 32.1. The molecule has 1 heterocycles. The van der Waals surface area contributed by atoms with Crippen LogP contribution in [0.5, 0.6) is 0 Å². The maximum atomic E-state index is 7.69. The molecule has 0 amide bonds. The quantitative estimate of drug-likeness (QED) is 0.637. The summed E-state index contributed by atoms with van der Waals surface area (Å²) in [5.41, 5.74) is 7.44. The van der Waals surface area contributed by atoms with E-state index in [0.29, 0.717) is 11.7 Å². The second-order valence-electron chi connectivity index (χ2n) is 4.85. The summed E-state index contributed by atoms with van der Waals surface area (Å²) in [6.07, 6.45) is 4.61. The number of nitrogens with one attached hydrogen (secondary N) is 1. The monoisotopic (exact) mass is 317 g/mol. The summed E-state index contributed by atoms with van der Waals surface area (Å²) < 4.78 is 0. The Morgan fingerprint density at radius 2 is 1.91 bits per heavy atom. The van der Waals surface area contributed by atoms with Crippen molar-refractivity contribution in [1.82, 2.24) is 5.43 Å². The Labute approximate surface area is 137 Å². The first kappa shape index (κ1) is 17.9. The van der Waals surface area contributed by atoms with E-state index in [1.165, 1.54) is 11.1 Å². The molecule has 4 nitrogen and oxygen atoms in total. The Balaban J connectivity index is 0.000000541. The lowest BCUT2D eigenvalue weighted by Gasteiger charge is -2.29. The van der Waals surface area contributed by atoms with Crippen LogP contribution in [0, 0.1) is 6.92 Å². The van der Waals surface area contributed by atoms with E-state index in [2.05, 4.69) is 59.6 Å². The lowest BCUT2D eigenvalue weighted by atomic mass is 10.1. The van der Waals surface area contributed by atoms with Crippen molar-refractivity contribution in [2.75, 3.05) is 11.4 Å². The molecule has 0 aromatic heterocycles. The minimum absolute atomic E-state index is 0.645. The number of aliphatic hydroxyl groups is 1. The second kappa shape index (κ2) is 9.00. The van der Waals surface area contributed by atoms with Gasteiger partial charge >= 0.3 is 0 Å². The third-order valence-corrected chi connectivity index (χ3v) is 3.53. The zero-order valence-electron chi connectivity index (χ0n) is 13.5. The minimum Gasteiger partial charge on any atom is -0.516 e. The first-order chi connectivity index (χ1) is 10.5. The summed E-state index contributed by atoms with van der Waals surface area (Å²) in [6, 6.07) is 8.34. The highest BCUT2D eigenvalue weighted by Crippen LogP contribution is 2.18. The van der Waals surface area contributed by atoms with Crippen molar-refractivity contribution in [3.63, 3.8) is 0 Å². The predicted molar refractivity (Wildman–Crippen MR) is 98.6 cm³/mol. The van der Waals surface area contributed by atoms with Crippen molar-refractivity contribution < 1.29 is 5.11 Å². The molecular weight excluding hydrogens is 294 g/mol. The van der Waals surface area contributed by atoms with E-state index >= 15 is 0 Å². The molecule has 0 atom stereocenters. The van der Waals surface area contributed by atoms with Crippen molar-refractivity contribution in [3.05, 3.63) is 53.8 Å². The third-order valence-electron chi connectivity index (χ3n) is 3.22. The number of allylic oxidation sites excluding steroid dienone is 2. The van der Waals surface area contributed by atoms with Gasteiger partial charge in [0, 0.05) is 5.69 Å². The summed E-state index contributed by atoms with van der Waals surface area (Å²) in [7, 11) is 0. The Bertz CT molecular complexity index is 584. The number of hydrogen-bond donors (Lipinski definition) is 2. The number of aliphatic hydroxyl groups excluding tert-OH is 1. The van der Waals surface area contributed by atoms with Crippen LogP contribution in [0.4, 0.5) is 5.69 Å². The SMILES string of the molecule is C/C=C(\C)C1=NNC(=S)N(c2ccc(C)cc2)C1.C/C=C/O. The van der Waals surface area contributed by atoms with E-state index in [-0.39, 0.29) is 0 Å². The van der Waals surface area contributed by atoms with E-state index in [0.717, 1.165) is 17.7 Å². The third kappa shape index (κ3) is 5.00. The van der Waals surface area contributed by atoms with Crippen molar-refractivity contribution >= 4 is 28.7 Å². The van der Waals surface area contributed by atoms with Gasteiger partial charge in [0.05, 0.1) is 18.5 Å². The summed E-state index contributed by atoms with van der Waals surface area (Å²) in [5, 5.41) is 12.6. The van der Waals surface area contributed by atoms with Gasteiger partial charge in [0.15, 0.2) is 5.11 Å². The van der Waals surface area contributed by atoms with Gasteiger partial charge in [0.2, 0.25) is 0 Å². The topological polar surface area (TPSA) is 47.9 Å². The number of hydrogen-bond acceptors (Lipinski definition) is 3. The molecule has 0 bridgehead atoms. The first-order valence-corrected chi connectivity index (χ1v) is 7.53. The standard InChI is InChI=1S/C14H17N3S.C3H6O/c1-4-11(3)13-9-17(14(18)16-15-13)12-7-5-10(2)6-8-12;1-2-3-4/h4-8H,9H2,1-3H3,(H,16,18);2-4H,1H3/b11-4+;3-2+. The Kier molecular flexibility index (Phi) is 7.32. The zero-order valence-corrected chi connectivity index (χ0v) is 14.3. The maximum Gasteiger partial charge on any atom is 0.194 e. The van der Waals surface area contributed by atoms with Crippen molar-refractivity contribution in [3.8, 4) is 0 Å². The molecule has 1 aliphatic rings. The van der Waals surface area contributed by atoms with Crippen LogP contribution in [0.1, 0.15) is 26.3 Å². The van der Waals surface area contributed by atoms with Gasteiger partial charge in [-0.05, 0) is 57.6 Å². The van der Waals surface area contributed by atoms with Crippen LogP contribution in [-0.2, 0) is 0 Å². The van der Waals surface area contributed by atoms with E-state index in [9.17, 15) is 0 Å². The summed E-state index contributed by atoms with van der Waals surface area (Å²) >= 11 is 5.31. The Morgan fingerprint density at radius 1 is 1.32 bits per heavy atom. The molecule has 118 valence electrons. The predicted octanol–water partition coefficient (Wildman–Crippen LogP) is 4.09. The van der Waals surface area contributed by atoms with Gasteiger partial charge in [-0.15, -0.1) is 0 Å². The fraction of sp³-hybridized carbons (Fsp3) is 0.294. The highest BCUT2D eigenvalue weighted by Gasteiger charge is 2.19. The normalized spacial score (nSPS) is 15.1. The average Bonchev–Trinajstić information content (AvgIpc) is 2.55. The molecule has 22 heavy (non-hydrogen) atoms. The smallest absolute Gasteiger partial charge is 0.194 e. The van der Waals surface area contributed by atoms with Crippen LogP contribution in [0.2, 0.25) is 0 Å². The van der Waals surface area contributed by atoms with Gasteiger partial charge in [-0.3, -0.25) is 5.43 Å². The molecule has 2 rings (SSSR count). The van der Waals surface area contributed by atoms with Crippen LogP contribution in [-0.4, -0.2) is 22.5 Å². The van der Waals surface area contributed by atoms with E-state index in [1.54, 1.807) is 13.0 Å². The number of benzene rings is 1. The minimum atomic E-state index is 0.645. The molecular formula is C17H23N3OS. The fourth-order valence-corrected chi connectivity index (χ4v) is 1.96. The summed E-state index contributed by atoms with van der Waals surface area (Å²) in [4.78, 5) is 2.06. The Hall–Kier alpha value is -2.14. The van der Waals surface area contributed by atoms with Crippen molar-refractivity contribution in [1.29, 1.82) is 0 Å². The number of rotatable bonds is 2. The lowest BCUT2D eigenvalue weighted by Crippen LogP contribution is -2.46. The molecule has 1 aromatic rings. The maximum absolute atomic E-state index is 7.69. The van der Waals surface area contributed by atoms with Crippen LogP contribution in [0.25, 0.3) is 0 Å². The number of thiocarbonyl (C=S) groups is 1. The number of hydrazone groups is 1. The Morgan fingerprint density at radius 3 is 2.41 bits per heavy atom. The number of anilines is 1. The summed E-state index contributed by atoms with van der Waals surface area (Å²) in [5.74, 6) is 0. The molecule has 0 unspecified atom stereocenters. The van der Waals surface area contributed by atoms with Gasteiger partial charge in [-0.1, -0.05) is 29.8 Å². The van der Waals surface area contributed by atoms with Crippen LogP contribution >= 0.6 is 12.2 Å². The zero-order chi connectivity index (χ0) is 16.5. The molecule has 0 saturated carbocycles. The first-order valence-electron chi connectivity index (χ1n) is 7.12. The molecule has 0 spiro atoms. The molecule has 0 radical (unpaired) electrons. The molecule has 1 aromatic carbocycles. The van der Waals surface area contributed by atoms with Crippen molar-refractivity contribution in [2.45, 2.75) is 27.7 Å². The van der Waals surface area contributed by atoms with E-state index in [4.69, 9.17) is 17.3 Å². The molecule has 0 aliphatic carbocycles. The van der Waals surface area contributed by atoms with Crippen LogP contribution in [0.15, 0.2) is 53.4 Å². The van der Waals surface area contributed by atoms with Gasteiger partial charge in [0.25, 0.3) is 0 Å². The van der Waals surface area contributed by atoms with Crippen LogP contribution in [0.3, 0.4) is 0 Å². The molecule has 2 N–H and O–H groups in total.